The van der Waals surface area contributed by atoms with Gasteiger partial charge in [-0.2, -0.15) is 0 Å². The number of carboxylic acids is 1. The first-order valence-corrected chi connectivity index (χ1v) is 5.23. The Labute approximate surface area is 91.3 Å². The van der Waals surface area contributed by atoms with Crippen LogP contribution in [0, 0.1) is 5.92 Å². The number of hydrogen-bond donors (Lipinski definition) is 1. The van der Waals surface area contributed by atoms with E-state index >= 15 is 0 Å². The molecule has 1 amide bonds. The summed E-state index contributed by atoms with van der Waals surface area (Å²) in [6.07, 6.45) is 0.406. The highest BCUT2D eigenvalue weighted by Crippen LogP contribution is 2.16. The third kappa shape index (κ3) is 4.32. The first-order chi connectivity index (χ1) is 6.70. The molecule has 15 heavy (non-hydrogen) atoms. The van der Waals surface area contributed by atoms with Crippen LogP contribution in [0.25, 0.3) is 0 Å². The number of carbonyl (C=O) groups excluding carboxylic acids is 1. The zero-order valence-corrected chi connectivity index (χ0v) is 10.2. The second-order valence-electron chi connectivity index (χ2n) is 4.77. The van der Waals surface area contributed by atoms with E-state index in [0.717, 1.165) is 0 Å². The molecule has 0 aromatic rings. The van der Waals surface area contributed by atoms with Crippen LogP contribution in [0.3, 0.4) is 0 Å². The smallest absolute Gasteiger partial charge is 0.308 e. The van der Waals surface area contributed by atoms with Gasteiger partial charge in [0.2, 0.25) is 5.91 Å². The fraction of sp³-hybridized carbons (Fsp3) is 0.818. The molecule has 0 aromatic heterocycles. The number of nitrogens with zero attached hydrogens (tertiary/aromatic N) is 1. The van der Waals surface area contributed by atoms with Crippen molar-refractivity contribution >= 4 is 11.9 Å². The topological polar surface area (TPSA) is 57.6 Å². The van der Waals surface area contributed by atoms with E-state index in [0.29, 0.717) is 6.42 Å². The summed E-state index contributed by atoms with van der Waals surface area (Å²) in [5, 5.41) is 8.81. The summed E-state index contributed by atoms with van der Waals surface area (Å²) < 4.78 is 0. The highest BCUT2D eigenvalue weighted by molar-refractivity contribution is 5.77. The van der Waals surface area contributed by atoms with Crippen molar-refractivity contribution in [3.8, 4) is 0 Å². The molecule has 4 nitrogen and oxygen atoms in total. The molecule has 0 radical (unpaired) electrons. The first kappa shape index (κ1) is 13.9. The SMILES string of the molecule is CCC(=O)N(CC(C)C(=O)O)C(C)(C)C. The molecule has 0 aliphatic rings. The summed E-state index contributed by atoms with van der Waals surface area (Å²) in [5.41, 5.74) is -0.323. The van der Waals surface area contributed by atoms with E-state index in [1.807, 2.05) is 20.8 Å². The fourth-order valence-electron chi connectivity index (χ4n) is 1.29. The molecule has 0 saturated heterocycles. The quantitative estimate of drug-likeness (QED) is 0.777. The average Bonchev–Trinajstić information content (AvgIpc) is 2.10. The molecule has 88 valence electrons. The van der Waals surface area contributed by atoms with Gasteiger partial charge in [-0.15, -0.1) is 0 Å². The van der Waals surface area contributed by atoms with Gasteiger partial charge in [-0.1, -0.05) is 13.8 Å². The molecule has 0 rings (SSSR count). The zero-order valence-electron chi connectivity index (χ0n) is 10.2. The summed E-state index contributed by atoms with van der Waals surface area (Å²) in [6, 6.07) is 0. The predicted octanol–water partition coefficient (Wildman–Crippen LogP) is 1.74. The molecule has 0 bridgehead atoms. The van der Waals surface area contributed by atoms with E-state index in [1.165, 1.54) is 0 Å². The number of amides is 1. The van der Waals surface area contributed by atoms with Crippen LogP contribution in [0.1, 0.15) is 41.0 Å². The van der Waals surface area contributed by atoms with Crippen molar-refractivity contribution in [2.24, 2.45) is 5.92 Å². The molecule has 0 saturated carbocycles. The van der Waals surface area contributed by atoms with Crippen LogP contribution in [0.2, 0.25) is 0 Å². The maximum absolute atomic E-state index is 11.6. The number of aliphatic carboxylic acids is 1. The van der Waals surface area contributed by atoms with E-state index < -0.39 is 11.9 Å². The van der Waals surface area contributed by atoms with Crippen LogP contribution >= 0.6 is 0 Å². The number of carbonyl (C=O) groups is 2. The molecular weight excluding hydrogens is 194 g/mol. The molecule has 0 aliphatic heterocycles. The third-order valence-corrected chi connectivity index (χ3v) is 2.29. The lowest BCUT2D eigenvalue weighted by Crippen LogP contribution is -2.48. The molecule has 0 fully saturated rings. The van der Waals surface area contributed by atoms with Crippen LogP contribution in [-0.4, -0.2) is 34.0 Å². The highest BCUT2D eigenvalue weighted by Gasteiger charge is 2.28. The Morgan fingerprint density at radius 2 is 1.80 bits per heavy atom. The Morgan fingerprint density at radius 3 is 2.07 bits per heavy atom. The Bertz CT molecular complexity index is 243. The van der Waals surface area contributed by atoms with Crippen LogP contribution in [0.15, 0.2) is 0 Å². The van der Waals surface area contributed by atoms with E-state index in [-0.39, 0.29) is 18.0 Å². The number of rotatable bonds is 4. The Kier molecular flexibility index (Phi) is 4.78. The van der Waals surface area contributed by atoms with Gasteiger partial charge in [0.1, 0.15) is 0 Å². The van der Waals surface area contributed by atoms with Crippen LogP contribution in [0.4, 0.5) is 0 Å². The van der Waals surface area contributed by atoms with E-state index in [1.54, 1.807) is 18.7 Å². The largest absolute Gasteiger partial charge is 0.481 e. The normalized spacial score (nSPS) is 13.4. The van der Waals surface area contributed by atoms with Crippen molar-refractivity contribution in [2.45, 2.75) is 46.6 Å². The Balaban J connectivity index is 4.67. The van der Waals surface area contributed by atoms with Crippen LogP contribution in [-0.2, 0) is 9.59 Å². The molecule has 1 atom stereocenters. The minimum Gasteiger partial charge on any atom is -0.481 e. The summed E-state index contributed by atoms with van der Waals surface area (Å²) in [4.78, 5) is 24.0. The Morgan fingerprint density at radius 1 is 1.33 bits per heavy atom. The molecule has 1 unspecified atom stereocenters. The molecule has 4 heteroatoms. The van der Waals surface area contributed by atoms with E-state index in [4.69, 9.17) is 5.11 Å². The summed E-state index contributed by atoms with van der Waals surface area (Å²) >= 11 is 0. The third-order valence-electron chi connectivity index (χ3n) is 2.29. The number of carboxylic acid groups (broad SMARTS) is 1. The lowest BCUT2D eigenvalue weighted by Gasteiger charge is -2.36. The predicted molar refractivity (Wildman–Crippen MR) is 58.6 cm³/mol. The molecular formula is C11H21NO3. The molecule has 0 aromatic carbocycles. The van der Waals surface area contributed by atoms with Crippen molar-refractivity contribution in [1.29, 1.82) is 0 Å². The zero-order chi connectivity index (χ0) is 12.2. The van der Waals surface area contributed by atoms with Crippen molar-refractivity contribution in [1.82, 2.24) is 4.90 Å². The Hall–Kier alpha value is -1.06. The molecule has 1 N–H and O–H groups in total. The van der Waals surface area contributed by atoms with Gasteiger partial charge in [-0.05, 0) is 20.8 Å². The van der Waals surface area contributed by atoms with Gasteiger partial charge in [0.25, 0.3) is 0 Å². The van der Waals surface area contributed by atoms with Crippen LogP contribution < -0.4 is 0 Å². The lowest BCUT2D eigenvalue weighted by molar-refractivity contribution is -0.144. The highest BCUT2D eigenvalue weighted by atomic mass is 16.4. The van der Waals surface area contributed by atoms with Gasteiger partial charge in [-0.25, -0.2) is 0 Å². The first-order valence-electron chi connectivity index (χ1n) is 5.23. The fourth-order valence-corrected chi connectivity index (χ4v) is 1.29. The van der Waals surface area contributed by atoms with Crippen LogP contribution in [0.5, 0.6) is 0 Å². The molecule has 0 spiro atoms. The van der Waals surface area contributed by atoms with Gasteiger partial charge in [0.05, 0.1) is 5.92 Å². The summed E-state index contributed by atoms with van der Waals surface area (Å²) in [5.74, 6) is -1.40. The lowest BCUT2D eigenvalue weighted by atomic mass is 10.0. The standard InChI is InChI=1S/C11H21NO3/c1-6-9(13)12(11(3,4)5)7-8(2)10(14)15/h8H,6-7H2,1-5H3,(H,14,15). The maximum Gasteiger partial charge on any atom is 0.308 e. The van der Waals surface area contributed by atoms with Gasteiger partial charge in [0, 0.05) is 18.5 Å². The molecule has 0 heterocycles. The minimum atomic E-state index is -0.867. The van der Waals surface area contributed by atoms with Crippen molar-refractivity contribution in [2.75, 3.05) is 6.54 Å². The monoisotopic (exact) mass is 215 g/mol. The summed E-state index contributed by atoms with van der Waals surface area (Å²) in [7, 11) is 0. The second kappa shape index (κ2) is 5.14. The van der Waals surface area contributed by atoms with E-state index in [9.17, 15) is 9.59 Å². The minimum absolute atomic E-state index is 0.00407. The molecule has 0 aliphatic carbocycles. The summed E-state index contributed by atoms with van der Waals surface area (Å²) in [6.45, 7) is 9.40. The van der Waals surface area contributed by atoms with Gasteiger partial charge in [0.15, 0.2) is 0 Å². The van der Waals surface area contributed by atoms with Crippen molar-refractivity contribution in [3.63, 3.8) is 0 Å². The van der Waals surface area contributed by atoms with Gasteiger partial charge < -0.3 is 10.0 Å². The maximum atomic E-state index is 11.6. The van der Waals surface area contributed by atoms with Crippen molar-refractivity contribution in [3.05, 3.63) is 0 Å². The number of hydrogen-bond acceptors (Lipinski definition) is 2. The van der Waals surface area contributed by atoms with Crippen molar-refractivity contribution < 1.29 is 14.7 Å². The van der Waals surface area contributed by atoms with Gasteiger partial charge >= 0.3 is 5.97 Å². The average molecular weight is 215 g/mol. The van der Waals surface area contributed by atoms with Gasteiger partial charge in [-0.3, -0.25) is 9.59 Å². The van der Waals surface area contributed by atoms with E-state index in [2.05, 4.69) is 0 Å². The second-order valence-corrected chi connectivity index (χ2v) is 4.77.